The Morgan fingerprint density at radius 2 is 1.31 bits per heavy atom. The zero-order valence-corrected chi connectivity index (χ0v) is 15.9. The van der Waals surface area contributed by atoms with Gasteiger partial charge in [0.1, 0.15) is 0 Å². The highest BCUT2D eigenvalue weighted by Crippen LogP contribution is 2.41. The average molecular weight is 345 g/mol. The molecule has 0 aliphatic rings. The van der Waals surface area contributed by atoms with E-state index in [9.17, 15) is 5.11 Å². The minimum absolute atomic E-state index is 0.210. The van der Waals surface area contributed by atoms with E-state index in [2.05, 4.69) is 92.5 Å². The van der Waals surface area contributed by atoms with Gasteiger partial charge in [0.2, 0.25) is 0 Å². The first kappa shape index (κ1) is 18.2. The van der Waals surface area contributed by atoms with Crippen LogP contribution >= 0.6 is 0 Å². The number of aryl methyl sites for hydroxylation is 2. The third-order valence-corrected chi connectivity index (χ3v) is 4.95. The monoisotopic (exact) mass is 345 g/mol. The van der Waals surface area contributed by atoms with Gasteiger partial charge in [-0.15, -0.1) is 0 Å². The quantitative estimate of drug-likeness (QED) is 0.641. The van der Waals surface area contributed by atoms with Crippen molar-refractivity contribution < 1.29 is 5.11 Å². The number of aliphatic hydroxyl groups is 1. The lowest BCUT2D eigenvalue weighted by molar-refractivity contribution is 0.290. The van der Waals surface area contributed by atoms with Gasteiger partial charge in [-0.25, -0.2) is 0 Å². The summed E-state index contributed by atoms with van der Waals surface area (Å²) in [5.41, 5.74) is 8.79. The average Bonchev–Trinajstić information content (AvgIpc) is 2.66. The van der Waals surface area contributed by atoms with Gasteiger partial charge < -0.3 is 10.0 Å². The molecule has 3 aromatic carbocycles. The molecule has 0 heterocycles. The summed E-state index contributed by atoms with van der Waals surface area (Å²) in [6.45, 7) is 5.37. The van der Waals surface area contributed by atoms with Crippen LogP contribution in [0.25, 0.3) is 22.3 Å². The normalized spacial score (nSPS) is 10.8. The largest absolute Gasteiger partial charge is 0.396 e. The Bertz CT molecular complexity index is 885. The Labute approximate surface area is 156 Å². The number of hydrogen-bond acceptors (Lipinski definition) is 2. The van der Waals surface area contributed by atoms with Gasteiger partial charge in [0.15, 0.2) is 0 Å². The summed E-state index contributed by atoms with van der Waals surface area (Å²) in [6.07, 6.45) is 0.762. The molecule has 0 saturated carbocycles. The second kappa shape index (κ2) is 8.20. The summed E-state index contributed by atoms with van der Waals surface area (Å²) in [6, 6.07) is 23.7. The van der Waals surface area contributed by atoms with Crippen molar-refractivity contribution in [3.63, 3.8) is 0 Å². The molecule has 0 amide bonds. The summed E-state index contributed by atoms with van der Waals surface area (Å²) in [4.78, 5) is 2.25. The number of benzene rings is 3. The molecule has 0 radical (unpaired) electrons. The molecule has 2 nitrogen and oxygen atoms in total. The second-order valence-electron chi connectivity index (χ2n) is 6.83. The predicted octanol–water partition coefficient (Wildman–Crippen LogP) is 5.46. The van der Waals surface area contributed by atoms with Crippen molar-refractivity contribution in [1.82, 2.24) is 0 Å². The number of nitrogens with zero attached hydrogens (tertiary/aromatic N) is 1. The highest BCUT2D eigenvalue weighted by molar-refractivity contribution is 5.94. The molecule has 0 saturated heterocycles. The highest BCUT2D eigenvalue weighted by Gasteiger charge is 2.17. The van der Waals surface area contributed by atoms with Crippen molar-refractivity contribution in [3.8, 4) is 22.3 Å². The van der Waals surface area contributed by atoms with E-state index in [1.165, 1.54) is 39.1 Å². The van der Waals surface area contributed by atoms with Crippen LogP contribution < -0.4 is 4.90 Å². The Morgan fingerprint density at radius 3 is 1.92 bits per heavy atom. The van der Waals surface area contributed by atoms with Gasteiger partial charge in [0.05, 0.1) is 0 Å². The maximum Gasteiger partial charge on any atom is 0.0449 e. The lowest BCUT2D eigenvalue weighted by atomic mass is 9.89. The van der Waals surface area contributed by atoms with Crippen molar-refractivity contribution in [3.05, 3.63) is 77.9 Å². The molecule has 0 spiro atoms. The molecule has 26 heavy (non-hydrogen) atoms. The van der Waals surface area contributed by atoms with Gasteiger partial charge in [0, 0.05) is 31.5 Å². The minimum atomic E-state index is 0.210. The zero-order valence-electron chi connectivity index (χ0n) is 15.9. The molecule has 0 aliphatic carbocycles. The molecule has 0 aromatic heterocycles. The molecule has 0 atom stereocenters. The summed E-state index contributed by atoms with van der Waals surface area (Å²) in [7, 11) is 2.11. The van der Waals surface area contributed by atoms with E-state index < -0.39 is 0 Å². The summed E-state index contributed by atoms with van der Waals surface area (Å²) in [5.74, 6) is 0. The zero-order chi connectivity index (χ0) is 18.5. The molecule has 1 N–H and O–H groups in total. The first-order chi connectivity index (χ1) is 12.6. The number of hydrogen-bond donors (Lipinski definition) is 1. The summed E-state index contributed by atoms with van der Waals surface area (Å²) in [5, 5.41) is 9.23. The van der Waals surface area contributed by atoms with E-state index in [4.69, 9.17) is 0 Å². The van der Waals surface area contributed by atoms with Gasteiger partial charge in [-0.3, -0.25) is 0 Å². The Hall–Kier alpha value is -2.58. The molecular weight excluding hydrogens is 318 g/mol. The highest BCUT2D eigenvalue weighted by atomic mass is 16.3. The van der Waals surface area contributed by atoms with Crippen LogP contribution in [-0.2, 0) is 0 Å². The van der Waals surface area contributed by atoms with E-state index in [-0.39, 0.29) is 6.61 Å². The van der Waals surface area contributed by atoms with Crippen LogP contribution in [0.5, 0.6) is 0 Å². The molecule has 2 heteroatoms. The van der Waals surface area contributed by atoms with Gasteiger partial charge in [0.25, 0.3) is 0 Å². The van der Waals surface area contributed by atoms with Crippen LogP contribution in [-0.4, -0.2) is 25.3 Å². The van der Waals surface area contributed by atoms with E-state index in [0.717, 1.165) is 13.0 Å². The van der Waals surface area contributed by atoms with Gasteiger partial charge >= 0.3 is 0 Å². The van der Waals surface area contributed by atoms with Crippen molar-refractivity contribution in [2.75, 3.05) is 25.1 Å². The summed E-state index contributed by atoms with van der Waals surface area (Å²) < 4.78 is 0. The first-order valence-electron chi connectivity index (χ1n) is 9.20. The fourth-order valence-corrected chi connectivity index (χ4v) is 3.52. The third-order valence-electron chi connectivity index (χ3n) is 4.95. The third kappa shape index (κ3) is 3.66. The van der Waals surface area contributed by atoms with Crippen molar-refractivity contribution >= 4 is 5.69 Å². The van der Waals surface area contributed by atoms with Crippen LogP contribution in [0, 0.1) is 13.8 Å². The minimum Gasteiger partial charge on any atom is -0.396 e. The summed E-state index contributed by atoms with van der Waals surface area (Å²) >= 11 is 0. The maximum absolute atomic E-state index is 9.23. The predicted molar refractivity (Wildman–Crippen MR) is 112 cm³/mol. The molecule has 0 aliphatic heterocycles. The topological polar surface area (TPSA) is 23.5 Å². The smallest absolute Gasteiger partial charge is 0.0449 e. The fraction of sp³-hybridized carbons (Fsp3) is 0.250. The van der Waals surface area contributed by atoms with E-state index in [0.29, 0.717) is 0 Å². The van der Waals surface area contributed by atoms with Crippen LogP contribution in [0.4, 0.5) is 5.69 Å². The Balaban J connectivity index is 2.26. The van der Waals surface area contributed by atoms with Crippen LogP contribution in [0.1, 0.15) is 17.5 Å². The molecular formula is C24H27NO. The Kier molecular flexibility index (Phi) is 5.75. The van der Waals surface area contributed by atoms with Gasteiger partial charge in [-0.2, -0.15) is 0 Å². The lowest BCUT2D eigenvalue weighted by Crippen LogP contribution is -2.20. The van der Waals surface area contributed by atoms with Crippen molar-refractivity contribution in [2.45, 2.75) is 20.3 Å². The first-order valence-corrected chi connectivity index (χ1v) is 9.20. The van der Waals surface area contributed by atoms with E-state index in [1.807, 2.05) is 0 Å². The standard InChI is InChI=1S/C24H27NO/c1-18-10-4-6-12-20(18)22-14-8-15-23(25(3)16-9-17-26)24(22)21-13-7-5-11-19(21)2/h4-8,10-15,26H,9,16-17H2,1-3H3. The van der Waals surface area contributed by atoms with E-state index >= 15 is 0 Å². The van der Waals surface area contributed by atoms with Crippen LogP contribution in [0.2, 0.25) is 0 Å². The maximum atomic E-state index is 9.23. The molecule has 3 aromatic rings. The SMILES string of the molecule is Cc1ccccc1-c1cccc(N(C)CCCO)c1-c1ccccc1C. The number of anilines is 1. The molecule has 134 valence electrons. The number of rotatable bonds is 6. The lowest BCUT2D eigenvalue weighted by Gasteiger charge is -2.26. The van der Waals surface area contributed by atoms with Gasteiger partial charge in [-0.1, -0.05) is 60.7 Å². The van der Waals surface area contributed by atoms with E-state index in [1.54, 1.807) is 0 Å². The molecule has 0 unspecified atom stereocenters. The molecule has 3 rings (SSSR count). The molecule has 0 bridgehead atoms. The molecule has 0 fully saturated rings. The van der Waals surface area contributed by atoms with Crippen LogP contribution in [0.15, 0.2) is 66.7 Å². The second-order valence-corrected chi connectivity index (χ2v) is 6.83. The van der Waals surface area contributed by atoms with Crippen molar-refractivity contribution in [2.24, 2.45) is 0 Å². The van der Waals surface area contributed by atoms with Crippen molar-refractivity contribution in [1.29, 1.82) is 0 Å². The van der Waals surface area contributed by atoms with Crippen LogP contribution in [0.3, 0.4) is 0 Å². The Morgan fingerprint density at radius 1 is 0.731 bits per heavy atom. The fourth-order valence-electron chi connectivity index (χ4n) is 3.52. The number of aliphatic hydroxyl groups excluding tert-OH is 1. The van der Waals surface area contributed by atoms with Gasteiger partial charge in [-0.05, 0) is 54.2 Å².